The lowest BCUT2D eigenvalue weighted by Gasteiger charge is -2.12. The Labute approximate surface area is 118 Å². The van der Waals surface area contributed by atoms with Crippen LogP contribution in [0.4, 0.5) is 4.39 Å². The summed E-state index contributed by atoms with van der Waals surface area (Å²) in [6, 6.07) is 12.6. The van der Waals surface area contributed by atoms with E-state index >= 15 is 0 Å². The van der Waals surface area contributed by atoms with Gasteiger partial charge in [0.25, 0.3) is 0 Å². The fourth-order valence-corrected chi connectivity index (χ4v) is 2.15. The van der Waals surface area contributed by atoms with Crippen molar-refractivity contribution in [3.8, 4) is 5.75 Å². The van der Waals surface area contributed by atoms with Crippen LogP contribution in [0.3, 0.4) is 0 Å². The Morgan fingerprint density at radius 2 is 1.85 bits per heavy atom. The van der Waals surface area contributed by atoms with Gasteiger partial charge in [0.1, 0.15) is 11.6 Å². The number of aliphatic hydroxyl groups is 1. The third-order valence-electron chi connectivity index (χ3n) is 3.38. The first kappa shape index (κ1) is 14.5. The summed E-state index contributed by atoms with van der Waals surface area (Å²) in [5.41, 5.74) is 2.31. The summed E-state index contributed by atoms with van der Waals surface area (Å²) >= 11 is 0. The van der Waals surface area contributed by atoms with E-state index in [-0.39, 0.29) is 5.82 Å². The van der Waals surface area contributed by atoms with Gasteiger partial charge in [-0.1, -0.05) is 24.3 Å². The second-order valence-corrected chi connectivity index (χ2v) is 4.93. The molecule has 0 aromatic heterocycles. The number of rotatable bonds is 5. The van der Waals surface area contributed by atoms with Gasteiger partial charge >= 0.3 is 0 Å². The molecule has 2 aromatic carbocycles. The Balaban J connectivity index is 1.98. The van der Waals surface area contributed by atoms with Crippen LogP contribution >= 0.6 is 0 Å². The second-order valence-electron chi connectivity index (χ2n) is 4.93. The summed E-state index contributed by atoms with van der Waals surface area (Å²) in [5.74, 6) is 0.464. The van der Waals surface area contributed by atoms with Crippen molar-refractivity contribution in [3.05, 3.63) is 65.0 Å². The summed E-state index contributed by atoms with van der Waals surface area (Å²) in [6.07, 6.45) is 0.405. The zero-order valence-corrected chi connectivity index (χ0v) is 11.8. The highest BCUT2D eigenvalue weighted by Crippen LogP contribution is 2.23. The largest absolute Gasteiger partial charge is 0.497 e. The van der Waals surface area contributed by atoms with Gasteiger partial charge in [0.2, 0.25) is 0 Å². The Hall–Kier alpha value is -1.87. The summed E-state index contributed by atoms with van der Waals surface area (Å²) in [4.78, 5) is 0. The number of benzene rings is 2. The third kappa shape index (κ3) is 3.58. The van der Waals surface area contributed by atoms with Crippen LogP contribution in [0.5, 0.6) is 5.75 Å². The summed E-state index contributed by atoms with van der Waals surface area (Å²) in [5, 5.41) is 10.1. The molecule has 0 saturated heterocycles. The highest BCUT2D eigenvalue weighted by molar-refractivity contribution is 5.28. The van der Waals surface area contributed by atoms with Crippen LogP contribution in [0.1, 0.15) is 29.2 Å². The van der Waals surface area contributed by atoms with Gasteiger partial charge in [0, 0.05) is 5.56 Å². The smallest absolute Gasteiger partial charge is 0.129 e. The fourth-order valence-electron chi connectivity index (χ4n) is 2.15. The van der Waals surface area contributed by atoms with Gasteiger partial charge in [0.05, 0.1) is 13.2 Å². The first-order valence-corrected chi connectivity index (χ1v) is 6.67. The molecule has 2 nitrogen and oxygen atoms in total. The van der Waals surface area contributed by atoms with Gasteiger partial charge in [-0.3, -0.25) is 0 Å². The fraction of sp³-hybridized carbons (Fsp3) is 0.294. The number of halogens is 1. The van der Waals surface area contributed by atoms with Crippen LogP contribution in [0.15, 0.2) is 42.5 Å². The van der Waals surface area contributed by atoms with E-state index in [0.29, 0.717) is 18.4 Å². The van der Waals surface area contributed by atoms with Crippen LogP contribution < -0.4 is 4.74 Å². The SMILES string of the molecule is COc1ccc(CCC(O)c2ccc(C)cc2F)cc1. The van der Waals surface area contributed by atoms with Crippen LogP contribution in [0.2, 0.25) is 0 Å². The molecule has 106 valence electrons. The van der Waals surface area contributed by atoms with Crippen molar-refractivity contribution in [2.75, 3.05) is 7.11 Å². The first-order chi connectivity index (χ1) is 9.60. The maximum absolute atomic E-state index is 13.7. The monoisotopic (exact) mass is 274 g/mol. The average molecular weight is 274 g/mol. The van der Waals surface area contributed by atoms with E-state index in [4.69, 9.17) is 4.74 Å². The quantitative estimate of drug-likeness (QED) is 0.898. The number of ether oxygens (including phenoxy) is 1. The van der Waals surface area contributed by atoms with Gasteiger partial charge in [-0.2, -0.15) is 0 Å². The molecule has 0 amide bonds. The molecule has 0 aliphatic heterocycles. The van der Waals surface area contributed by atoms with Crippen molar-refractivity contribution in [2.24, 2.45) is 0 Å². The molecule has 0 aliphatic rings. The van der Waals surface area contributed by atoms with Gasteiger partial charge in [-0.25, -0.2) is 4.39 Å². The van der Waals surface area contributed by atoms with Crippen LogP contribution in [-0.2, 0) is 6.42 Å². The number of aryl methyl sites for hydroxylation is 2. The second kappa shape index (κ2) is 6.53. The molecule has 0 aliphatic carbocycles. The maximum atomic E-state index is 13.7. The summed E-state index contributed by atoms with van der Waals surface area (Å²) in [7, 11) is 1.62. The topological polar surface area (TPSA) is 29.5 Å². The lowest BCUT2D eigenvalue weighted by molar-refractivity contribution is 0.163. The molecule has 1 unspecified atom stereocenters. The average Bonchev–Trinajstić information content (AvgIpc) is 2.45. The van der Waals surface area contributed by atoms with Gasteiger partial charge < -0.3 is 9.84 Å². The molecule has 3 heteroatoms. The van der Waals surface area contributed by atoms with Gasteiger partial charge in [-0.15, -0.1) is 0 Å². The Bertz CT molecular complexity index is 564. The van der Waals surface area contributed by atoms with E-state index < -0.39 is 6.10 Å². The van der Waals surface area contributed by atoms with Crippen molar-refractivity contribution >= 4 is 0 Å². The minimum atomic E-state index is -0.780. The minimum absolute atomic E-state index is 0.341. The van der Waals surface area contributed by atoms with E-state index in [1.54, 1.807) is 13.2 Å². The molecule has 1 N–H and O–H groups in total. The Kier molecular flexibility index (Phi) is 4.74. The highest BCUT2D eigenvalue weighted by atomic mass is 19.1. The first-order valence-electron chi connectivity index (χ1n) is 6.67. The van der Waals surface area contributed by atoms with Crippen molar-refractivity contribution in [1.82, 2.24) is 0 Å². The maximum Gasteiger partial charge on any atom is 0.129 e. The van der Waals surface area contributed by atoms with E-state index in [0.717, 1.165) is 16.9 Å². The lowest BCUT2D eigenvalue weighted by atomic mass is 10.00. The molecule has 20 heavy (non-hydrogen) atoms. The molecular formula is C17H19FO2. The molecule has 1 atom stereocenters. The number of aliphatic hydroxyl groups excluding tert-OH is 1. The van der Waals surface area contributed by atoms with E-state index in [2.05, 4.69) is 0 Å². The van der Waals surface area contributed by atoms with E-state index in [1.165, 1.54) is 6.07 Å². The van der Waals surface area contributed by atoms with Crippen molar-refractivity contribution in [1.29, 1.82) is 0 Å². The molecule has 0 fully saturated rings. The predicted molar refractivity (Wildman–Crippen MR) is 77.4 cm³/mol. The van der Waals surface area contributed by atoms with Crippen molar-refractivity contribution in [3.63, 3.8) is 0 Å². The Morgan fingerprint density at radius 3 is 2.45 bits per heavy atom. The molecule has 0 saturated carbocycles. The normalized spacial score (nSPS) is 12.2. The van der Waals surface area contributed by atoms with Gasteiger partial charge in [0.15, 0.2) is 0 Å². The molecule has 2 rings (SSSR count). The Morgan fingerprint density at radius 1 is 1.15 bits per heavy atom. The zero-order valence-electron chi connectivity index (χ0n) is 11.8. The predicted octanol–water partition coefficient (Wildman–Crippen LogP) is 3.81. The molecule has 0 bridgehead atoms. The number of hydrogen-bond acceptors (Lipinski definition) is 2. The zero-order chi connectivity index (χ0) is 14.5. The van der Waals surface area contributed by atoms with E-state index in [9.17, 15) is 9.50 Å². The molecule has 2 aromatic rings. The van der Waals surface area contributed by atoms with Crippen molar-refractivity contribution < 1.29 is 14.2 Å². The molecular weight excluding hydrogens is 255 g/mol. The summed E-state index contributed by atoms with van der Waals surface area (Å²) in [6.45, 7) is 1.83. The van der Waals surface area contributed by atoms with Crippen LogP contribution in [0, 0.1) is 12.7 Å². The molecule has 0 heterocycles. The van der Waals surface area contributed by atoms with Gasteiger partial charge in [-0.05, 0) is 49.1 Å². The van der Waals surface area contributed by atoms with E-state index in [1.807, 2.05) is 37.3 Å². The number of hydrogen-bond donors (Lipinski definition) is 1. The lowest BCUT2D eigenvalue weighted by Crippen LogP contribution is -2.03. The van der Waals surface area contributed by atoms with Crippen LogP contribution in [0.25, 0.3) is 0 Å². The third-order valence-corrected chi connectivity index (χ3v) is 3.38. The molecule has 0 spiro atoms. The molecule has 0 radical (unpaired) electrons. The highest BCUT2D eigenvalue weighted by Gasteiger charge is 2.12. The summed E-state index contributed by atoms with van der Waals surface area (Å²) < 4.78 is 18.8. The van der Waals surface area contributed by atoms with Crippen LogP contribution in [-0.4, -0.2) is 12.2 Å². The van der Waals surface area contributed by atoms with Crippen molar-refractivity contribution in [2.45, 2.75) is 25.9 Å². The minimum Gasteiger partial charge on any atom is -0.497 e. The number of methoxy groups -OCH3 is 1. The standard InChI is InChI=1S/C17H19FO2/c1-12-3-9-15(16(18)11-12)17(19)10-6-13-4-7-14(20-2)8-5-13/h3-5,7-9,11,17,19H,6,10H2,1-2H3.